The molecule has 0 spiro atoms. The summed E-state index contributed by atoms with van der Waals surface area (Å²) in [6.45, 7) is 7.18. The molecule has 0 radical (unpaired) electrons. The highest BCUT2D eigenvalue weighted by Gasteiger charge is 2.23. The van der Waals surface area contributed by atoms with Gasteiger partial charge in [-0.1, -0.05) is 19.8 Å². The average molecular weight is 302 g/mol. The van der Waals surface area contributed by atoms with Crippen LogP contribution in [0, 0.1) is 17.5 Å². The van der Waals surface area contributed by atoms with E-state index in [0.717, 1.165) is 37.9 Å². The van der Waals surface area contributed by atoms with Gasteiger partial charge in [0.05, 0.1) is 0 Å². The van der Waals surface area contributed by atoms with Crippen molar-refractivity contribution in [3.63, 3.8) is 0 Å². The number of nitrogens with zero attached hydrogens (tertiary/aromatic N) is 1. The first kappa shape index (κ1) is 18.0. The van der Waals surface area contributed by atoms with Gasteiger partial charge in [0.15, 0.2) is 17.5 Å². The molecule has 5 heteroatoms. The van der Waals surface area contributed by atoms with Gasteiger partial charge in [0.2, 0.25) is 0 Å². The molecule has 0 heterocycles. The molecule has 21 heavy (non-hydrogen) atoms. The van der Waals surface area contributed by atoms with Crippen molar-refractivity contribution in [3.8, 4) is 0 Å². The normalized spacial score (nSPS) is 13.2. The lowest BCUT2D eigenvalue weighted by molar-refractivity contribution is 0.153. The summed E-state index contributed by atoms with van der Waals surface area (Å²) in [5, 5.41) is 0. The molecule has 0 fully saturated rings. The molecule has 120 valence electrons. The predicted molar refractivity (Wildman–Crippen MR) is 79.5 cm³/mol. The zero-order chi connectivity index (χ0) is 16.0. The van der Waals surface area contributed by atoms with Gasteiger partial charge < -0.3 is 5.73 Å². The number of nitrogens with two attached hydrogens (primary N) is 1. The Hall–Kier alpha value is -1.07. The minimum absolute atomic E-state index is 0.187. The molecular weight excluding hydrogens is 277 g/mol. The van der Waals surface area contributed by atoms with Crippen LogP contribution in [-0.4, -0.2) is 24.0 Å². The maximum atomic E-state index is 13.4. The van der Waals surface area contributed by atoms with E-state index in [4.69, 9.17) is 5.73 Å². The fourth-order valence-electron chi connectivity index (χ4n) is 2.55. The molecule has 0 aliphatic carbocycles. The molecule has 0 amide bonds. The standard InChI is InChI=1S/C16H25F3N2/c1-4-5-6-7-21(11(2)3)15(10-20)12-8-13(17)16(19)14(18)9-12/h8-9,11,15H,4-7,10,20H2,1-3H3. The minimum atomic E-state index is -1.43. The highest BCUT2D eigenvalue weighted by atomic mass is 19.2. The third-order valence-corrected chi connectivity index (χ3v) is 3.70. The van der Waals surface area contributed by atoms with Crippen LogP contribution in [-0.2, 0) is 0 Å². The van der Waals surface area contributed by atoms with Crippen LogP contribution in [0.2, 0.25) is 0 Å². The summed E-state index contributed by atoms with van der Waals surface area (Å²) in [7, 11) is 0. The van der Waals surface area contributed by atoms with Gasteiger partial charge in [0.25, 0.3) is 0 Å². The number of unbranched alkanes of at least 4 members (excludes halogenated alkanes) is 2. The van der Waals surface area contributed by atoms with Crippen LogP contribution in [0.15, 0.2) is 12.1 Å². The number of hydrogen-bond acceptors (Lipinski definition) is 2. The second-order valence-corrected chi connectivity index (χ2v) is 5.59. The number of benzene rings is 1. The van der Waals surface area contributed by atoms with E-state index in [1.807, 2.05) is 13.8 Å². The van der Waals surface area contributed by atoms with Gasteiger partial charge in [-0.15, -0.1) is 0 Å². The van der Waals surface area contributed by atoms with Crippen molar-refractivity contribution >= 4 is 0 Å². The lowest BCUT2D eigenvalue weighted by Gasteiger charge is -2.34. The van der Waals surface area contributed by atoms with Crippen molar-refractivity contribution in [3.05, 3.63) is 35.1 Å². The smallest absolute Gasteiger partial charge is 0.194 e. The van der Waals surface area contributed by atoms with E-state index in [1.54, 1.807) is 0 Å². The highest BCUT2D eigenvalue weighted by molar-refractivity contribution is 5.23. The lowest BCUT2D eigenvalue weighted by atomic mass is 10.0. The summed E-state index contributed by atoms with van der Waals surface area (Å²) in [5.41, 5.74) is 6.19. The van der Waals surface area contributed by atoms with Crippen molar-refractivity contribution < 1.29 is 13.2 Å². The van der Waals surface area contributed by atoms with Crippen molar-refractivity contribution in [1.82, 2.24) is 4.90 Å². The summed E-state index contributed by atoms with van der Waals surface area (Å²) >= 11 is 0. The van der Waals surface area contributed by atoms with Crippen molar-refractivity contribution in [2.24, 2.45) is 5.73 Å². The summed E-state index contributed by atoms with van der Waals surface area (Å²) < 4.78 is 40.0. The molecule has 1 aromatic rings. The van der Waals surface area contributed by atoms with E-state index < -0.39 is 17.5 Å². The molecule has 1 atom stereocenters. The summed E-state index contributed by atoms with van der Waals surface area (Å²) in [5.74, 6) is -3.77. The van der Waals surface area contributed by atoms with E-state index in [9.17, 15) is 13.2 Å². The van der Waals surface area contributed by atoms with E-state index in [-0.39, 0.29) is 18.6 Å². The van der Waals surface area contributed by atoms with Gasteiger partial charge in [-0.05, 0) is 44.5 Å². The van der Waals surface area contributed by atoms with Crippen LogP contribution in [0.5, 0.6) is 0 Å². The summed E-state index contributed by atoms with van der Waals surface area (Å²) in [4.78, 5) is 2.11. The van der Waals surface area contributed by atoms with E-state index in [0.29, 0.717) is 5.56 Å². The van der Waals surface area contributed by atoms with Crippen LogP contribution in [0.3, 0.4) is 0 Å². The van der Waals surface area contributed by atoms with E-state index in [2.05, 4.69) is 11.8 Å². The Balaban J connectivity index is 3.02. The van der Waals surface area contributed by atoms with Gasteiger partial charge in [0, 0.05) is 18.6 Å². The molecule has 1 aromatic carbocycles. The Bertz CT molecular complexity index is 426. The van der Waals surface area contributed by atoms with Crippen LogP contribution in [0.4, 0.5) is 13.2 Å². The zero-order valence-corrected chi connectivity index (χ0v) is 13.0. The maximum Gasteiger partial charge on any atom is 0.194 e. The fourth-order valence-corrected chi connectivity index (χ4v) is 2.55. The lowest BCUT2D eigenvalue weighted by Crippen LogP contribution is -2.39. The van der Waals surface area contributed by atoms with Gasteiger partial charge >= 0.3 is 0 Å². The third kappa shape index (κ3) is 4.71. The van der Waals surface area contributed by atoms with Gasteiger partial charge in [0.1, 0.15) is 0 Å². The second kappa shape index (κ2) is 8.39. The van der Waals surface area contributed by atoms with Gasteiger partial charge in [-0.2, -0.15) is 0 Å². The van der Waals surface area contributed by atoms with Gasteiger partial charge in [-0.25, -0.2) is 13.2 Å². The molecule has 2 nitrogen and oxygen atoms in total. The molecule has 2 N–H and O–H groups in total. The monoisotopic (exact) mass is 302 g/mol. The first-order valence-electron chi connectivity index (χ1n) is 7.52. The highest BCUT2D eigenvalue weighted by Crippen LogP contribution is 2.25. The molecule has 0 aromatic heterocycles. The Kier molecular flexibility index (Phi) is 7.18. The molecule has 0 saturated heterocycles. The van der Waals surface area contributed by atoms with Crippen LogP contribution in [0.1, 0.15) is 51.6 Å². The predicted octanol–water partition coefficient (Wildman–Crippen LogP) is 4.00. The molecule has 0 aliphatic rings. The first-order valence-corrected chi connectivity index (χ1v) is 7.52. The summed E-state index contributed by atoms with van der Waals surface area (Å²) in [6, 6.07) is 1.97. The van der Waals surface area contributed by atoms with Gasteiger partial charge in [-0.3, -0.25) is 4.90 Å². The average Bonchev–Trinajstić information content (AvgIpc) is 2.43. The summed E-state index contributed by atoms with van der Waals surface area (Å²) in [6.07, 6.45) is 3.18. The SMILES string of the molecule is CCCCCN(C(C)C)C(CN)c1cc(F)c(F)c(F)c1. The molecule has 0 saturated carbocycles. The fraction of sp³-hybridized carbons (Fsp3) is 0.625. The zero-order valence-electron chi connectivity index (χ0n) is 13.0. The number of rotatable bonds is 8. The second-order valence-electron chi connectivity index (χ2n) is 5.59. The Morgan fingerprint density at radius 1 is 1.10 bits per heavy atom. The molecular formula is C16H25F3N2. The molecule has 1 unspecified atom stereocenters. The largest absolute Gasteiger partial charge is 0.329 e. The molecule has 0 aliphatic heterocycles. The van der Waals surface area contributed by atoms with Crippen LogP contribution in [0.25, 0.3) is 0 Å². The van der Waals surface area contributed by atoms with Crippen molar-refractivity contribution in [2.75, 3.05) is 13.1 Å². The quantitative estimate of drug-likeness (QED) is 0.581. The maximum absolute atomic E-state index is 13.4. The molecule has 0 bridgehead atoms. The topological polar surface area (TPSA) is 29.3 Å². The minimum Gasteiger partial charge on any atom is -0.329 e. The van der Waals surface area contributed by atoms with Crippen LogP contribution >= 0.6 is 0 Å². The third-order valence-electron chi connectivity index (χ3n) is 3.70. The van der Waals surface area contributed by atoms with E-state index in [1.165, 1.54) is 0 Å². The van der Waals surface area contributed by atoms with Crippen LogP contribution < -0.4 is 5.73 Å². The van der Waals surface area contributed by atoms with E-state index >= 15 is 0 Å². The van der Waals surface area contributed by atoms with Crippen molar-refractivity contribution in [2.45, 2.75) is 52.1 Å². The Labute approximate surface area is 125 Å². The number of hydrogen-bond donors (Lipinski definition) is 1. The molecule has 1 rings (SSSR count). The Morgan fingerprint density at radius 3 is 2.10 bits per heavy atom. The number of halogens is 3. The van der Waals surface area contributed by atoms with Crippen molar-refractivity contribution in [1.29, 1.82) is 0 Å². The first-order chi connectivity index (χ1) is 9.92. The Morgan fingerprint density at radius 2 is 1.67 bits per heavy atom.